The Morgan fingerprint density at radius 2 is 1.89 bits per heavy atom. The van der Waals surface area contributed by atoms with Gasteiger partial charge in [0.05, 0.1) is 12.1 Å². The first-order chi connectivity index (χ1) is 8.62. The van der Waals surface area contributed by atoms with E-state index in [9.17, 15) is 4.79 Å². The number of carbonyl (C=O) groups excluding carboxylic acids is 1. The maximum absolute atomic E-state index is 13.0. The molecule has 4 nitrogen and oxygen atoms in total. The van der Waals surface area contributed by atoms with Gasteiger partial charge in [0.2, 0.25) is 5.91 Å². The Balaban J connectivity index is 2.50. The molecule has 1 atom stereocenters. The number of hydrogen-bond donors (Lipinski definition) is 0. The van der Waals surface area contributed by atoms with Crippen LogP contribution in [0, 0.1) is 5.41 Å². The summed E-state index contributed by atoms with van der Waals surface area (Å²) in [6, 6.07) is 0. The molecule has 0 fully saturated rings. The van der Waals surface area contributed by atoms with Crippen molar-refractivity contribution in [2.45, 2.75) is 59.4 Å². The van der Waals surface area contributed by atoms with Gasteiger partial charge in [-0.2, -0.15) is 0 Å². The first kappa shape index (κ1) is 14.1. The summed E-state index contributed by atoms with van der Waals surface area (Å²) in [6.45, 7) is 13.2. The minimum absolute atomic E-state index is 0.148. The van der Waals surface area contributed by atoms with Gasteiger partial charge in [-0.05, 0) is 26.2 Å². The van der Waals surface area contributed by atoms with Crippen LogP contribution in [0.15, 0.2) is 10.7 Å². The van der Waals surface area contributed by atoms with E-state index in [2.05, 4.69) is 46.7 Å². The van der Waals surface area contributed by atoms with Gasteiger partial charge in [0, 0.05) is 24.1 Å². The van der Waals surface area contributed by atoms with Crippen LogP contribution in [0.5, 0.6) is 0 Å². The van der Waals surface area contributed by atoms with E-state index in [0.717, 1.165) is 17.7 Å². The molecule has 0 saturated carbocycles. The van der Waals surface area contributed by atoms with E-state index < -0.39 is 0 Å². The highest BCUT2D eigenvalue weighted by atomic mass is 16.5. The van der Waals surface area contributed by atoms with Gasteiger partial charge >= 0.3 is 0 Å². The molecule has 2 heterocycles. The van der Waals surface area contributed by atoms with Crippen molar-refractivity contribution in [3.8, 4) is 0 Å². The van der Waals surface area contributed by atoms with Crippen LogP contribution in [0.1, 0.15) is 58.8 Å². The Bertz CT molecular complexity index is 477. The van der Waals surface area contributed by atoms with Gasteiger partial charge in [-0.25, -0.2) is 0 Å². The van der Waals surface area contributed by atoms with E-state index >= 15 is 0 Å². The molecule has 2 rings (SSSR count). The minimum atomic E-state index is -0.185. The molecule has 0 spiro atoms. The molecular formula is C15H24N2O2. The van der Waals surface area contributed by atoms with Crippen LogP contribution < -0.4 is 0 Å². The predicted octanol–water partition coefficient (Wildman–Crippen LogP) is 2.99. The van der Waals surface area contributed by atoms with Crippen molar-refractivity contribution in [2.24, 2.45) is 5.41 Å². The summed E-state index contributed by atoms with van der Waals surface area (Å²) in [5, 5.41) is 3.89. The van der Waals surface area contributed by atoms with Gasteiger partial charge in [0.25, 0.3) is 0 Å². The Labute approximate surface area is 115 Å². The number of aromatic nitrogens is 1. The molecule has 0 saturated heterocycles. The molecule has 1 amide bonds. The smallest absolute Gasteiger partial charge is 0.231 e. The Morgan fingerprint density at radius 1 is 1.26 bits per heavy atom. The molecule has 0 aliphatic carbocycles. The second kappa shape index (κ2) is 4.36. The summed E-state index contributed by atoms with van der Waals surface area (Å²) >= 11 is 0. The molecule has 19 heavy (non-hydrogen) atoms. The van der Waals surface area contributed by atoms with Crippen molar-refractivity contribution >= 4 is 5.91 Å². The molecule has 0 radical (unpaired) electrons. The zero-order chi connectivity index (χ0) is 14.4. The summed E-state index contributed by atoms with van der Waals surface area (Å²) in [4.78, 5) is 14.9. The van der Waals surface area contributed by atoms with Gasteiger partial charge in [-0.3, -0.25) is 4.79 Å². The second-order valence-corrected chi connectivity index (χ2v) is 7.41. The van der Waals surface area contributed by atoms with Crippen LogP contribution in [-0.4, -0.2) is 28.0 Å². The van der Waals surface area contributed by atoms with Crippen LogP contribution in [0.25, 0.3) is 0 Å². The van der Waals surface area contributed by atoms with E-state index in [4.69, 9.17) is 4.52 Å². The molecule has 1 unspecified atom stereocenters. The second-order valence-electron chi connectivity index (χ2n) is 7.41. The SMILES string of the molecule is CC(C)(C)C1C(=O)N(C(C)(C)C)CCc2oncc21. The third kappa shape index (κ3) is 2.53. The standard InChI is InChI=1S/C15H24N2O2/c1-14(2,3)12-10-9-16-19-11(10)7-8-17(13(12)18)15(4,5)6/h9,12H,7-8H2,1-6H3. The van der Waals surface area contributed by atoms with Gasteiger partial charge in [-0.15, -0.1) is 0 Å². The van der Waals surface area contributed by atoms with Crippen molar-refractivity contribution in [3.05, 3.63) is 17.5 Å². The fourth-order valence-corrected chi connectivity index (χ4v) is 2.81. The van der Waals surface area contributed by atoms with Crippen LogP contribution in [0.2, 0.25) is 0 Å². The molecule has 1 aliphatic heterocycles. The lowest BCUT2D eigenvalue weighted by molar-refractivity contribution is -0.139. The molecule has 1 aliphatic rings. The lowest BCUT2D eigenvalue weighted by Gasteiger charge is -2.39. The van der Waals surface area contributed by atoms with Crippen LogP contribution in [-0.2, 0) is 11.2 Å². The Kier molecular flexibility index (Phi) is 3.23. The third-order valence-electron chi connectivity index (χ3n) is 3.74. The van der Waals surface area contributed by atoms with Crippen LogP contribution in [0.4, 0.5) is 0 Å². The fourth-order valence-electron chi connectivity index (χ4n) is 2.81. The Hall–Kier alpha value is -1.32. The first-order valence-corrected chi connectivity index (χ1v) is 6.87. The zero-order valence-electron chi connectivity index (χ0n) is 12.8. The van der Waals surface area contributed by atoms with Crippen molar-refractivity contribution in [1.29, 1.82) is 0 Å². The molecule has 0 bridgehead atoms. The number of amides is 1. The van der Waals surface area contributed by atoms with Gasteiger partial charge in [-0.1, -0.05) is 25.9 Å². The maximum atomic E-state index is 13.0. The number of rotatable bonds is 0. The third-order valence-corrected chi connectivity index (χ3v) is 3.74. The van der Waals surface area contributed by atoms with Crippen LogP contribution >= 0.6 is 0 Å². The van der Waals surface area contributed by atoms with Gasteiger partial charge in [0.1, 0.15) is 5.76 Å². The molecule has 0 N–H and O–H groups in total. The number of fused-ring (bicyclic) bond motifs is 1. The zero-order valence-corrected chi connectivity index (χ0v) is 12.8. The van der Waals surface area contributed by atoms with Gasteiger partial charge < -0.3 is 9.42 Å². The lowest BCUT2D eigenvalue weighted by Crippen LogP contribution is -2.49. The molecule has 106 valence electrons. The highest BCUT2D eigenvalue weighted by Gasteiger charge is 2.43. The Morgan fingerprint density at radius 3 is 2.42 bits per heavy atom. The van der Waals surface area contributed by atoms with Crippen molar-refractivity contribution < 1.29 is 9.32 Å². The van der Waals surface area contributed by atoms with E-state index in [1.807, 2.05) is 4.90 Å². The van der Waals surface area contributed by atoms with Crippen molar-refractivity contribution in [1.82, 2.24) is 10.1 Å². The van der Waals surface area contributed by atoms with Gasteiger partial charge in [0.15, 0.2) is 0 Å². The molecular weight excluding hydrogens is 240 g/mol. The van der Waals surface area contributed by atoms with Crippen molar-refractivity contribution in [3.63, 3.8) is 0 Å². The van der Waals surface area contributed by atoms with Crippen molar-refractivity contribution in [2.75, 3.05) is 6.54 Å². The quantitative estimate of drug-likeness (QED) is 0.723. The first-order valence-electron chi connectivity index (χ1n) is 6.87. The summed E-state index contributed by atoms with van der Waals surface area (Å²) < 4.78 is 5.34. The number of nitrogens with zero attached hydrogens (tertiary/aromatic N) is 2. The summed E-state index contributed by atoms with van der Waals surface area (Å²) in [5.74, 6) is 0.859. The average molecular weight is 264 g/mol. The van der Waals surface area contributed by atoms with E-state index in [1.54, 1.807) is 6.20 Å². The highest BCUT2D eigenvalue weighted by Crippen LogP contribution is 2.41. The molecule has 1 aromatic rings. The van der Waals surface area contributed by atoms with E-state index in [-0.39, 0.29) is 22.8 Å². The summed E-state index contributed by atoms with van der Waals surface area (Å²) in [6.07, 6.45) is 2.46. The maximum Gasteiger partial charge on any atom is 0.231 e. The number of carbonyl (C=O) groups is 1. The largest absolute Gasteiger partial charge is 0.361 e. The summed E-state index contributed by atoms with van der Waals surface area (Å²) in [5.41, 5.74) is 0.646. The summed E-state index contributed by atoms with van der Waals surface area (Å²) in [7, 11) is 0. The molecule has 1 aromatic heterocycles. The molecule has 0 aromatic carbocycles. The average Bonchev–Trinajstić information content (AvgIpc) is 2.57. The monoisotopic (exact) mass is 264 g/mol. The normalized spacial score (nSPS) is 21.3. The topological polar surface area (TPSA) is 46.3 Å². The van der Waals surface area contributed by atoms with Crippen LogP contribution in [0.3, 0.4) is 0 Å². The predicted molar refractivity (Wildman–Crippen MR) is 73.9 cm³/mol. The molecule has 4 heteroatoms. The van der Waals surface area contributed by atoms with E-state index in [1.165, 1.54) is 0 Å². The highest BCUT2D eigenvalue weighted by molar-refractivity contribution is 5.86. The minimum Gasteiger partial charge on any atom is -0.361 e. The lowest BCUT2D eigenvalue weighted by atomic mass is 9.76. The fraction of sp³-hybridized carbons (Fsp3) is 0.733. The number of hydrogen-bond acceptors (Lipinski definition) is 3. The van der Waals surface area contributed by atoms with E-state index in [0.29, 0.717) is 6.54 Å².